The van der Waals surface area contributed by atoms with Crippen LogP contribution in [0.3, 0.4) is 0 Å². The number of ketones is 3. The SMILES string of the molecule is CO[C@H]1C[C@@H]2CC[C@@H](C)[C@@](O)(O2)C(=O)C(=O)N2CCCCC2C(=O)O[C@H]([C@H](C)CC2CC[C@@H](OCCOC(=O)OCC3OC(CO)[C@@H](OC4O[C@H](CO)[C@@H](O)[C@H](O)[C@H]4O)[C@@H]3O)[C@H](OC)C2)CC(=O)[C@H](C)/C=C(\C)[C@@H](O)[C@@H](OC)C(=O)[C@H](C)C[C@H](C)/C=C/C=C/C=C/1C. The Morgan fingerprint density at radius 1 is 0.750 bits per heavy atom. The Morgan fingerprint density at radius 2 is 1.48 bits per heavy atom. The van der Waals surface area contributed by atoms with Crippen molar-refractivity contribution in [2.24, 2.45) is 35.5 Å². The van der Waals surface area contributed by atoms with Crippen LogP contribution in [0.2, 0.25) is 0 Å². The molecular formula is C66H103NO25. The van der Waals surface area contributed by atoms with Gasteiger partial charge in [-0.15, -0.1) is 0 Å². The van der Waals surface area contributed by atoms with Crippen LogP contribution in [-0.2, 0) is 76.1 Å². The molecule has 0 aromatic carbocycles. The number of ether oxygens (including phenoxy) is 11. The Balaban J connectivity index is 1.12. The monoisotopic (exact) mass is 1310 g/mol. The van der Waals surface area contributed by atoms with Crippen LogP contribution in [-0.4, -0.2) is 252 Å². The Hall–Kier alpha value is -4.46. The largest absolute Gasteiger partial charge is 0.508 e. The van der Waals surface area contributed by atoms with Gasteiger partial charge in [-0.05, 0) is 107 Å². The second-order valence-electron chi connectivity index (χ2n) is 26.0. The van der Waals surface area contributed by atoms with E-state index >= 15 is 0 Å². The zero-order valence-electron chi connectivity index (χ0n) is 54.9. The normalized spacial score (nSPS) is 41.1. The molecule has 5 heterocycles. The van der Waals surface area contributed by atoms with Gasteiger partial charge in [0.25, 0.3) is 11.7 Å². The summed E-state index contributed by atoms with van der Waals surface area (Å²) in [5.74, 6) is -8.87. The van der Waals surface area contributed by atoms with Crippen molar-refractivity contribution in [1.29, 1.82) is 0 Å². The number of carbonyl (C=O) groups excluding carboxylic acids is 6. The molecule has 1 aliphatic carbocycles. The summed E-state index contributed by atoms with van der Waals surface area (Å²) in [6.45, 7) is 10.2. The minimum Gasteiger partial charge on any atom is -0.460 e. The zero-order chi connectivity index (χ0) is 67.7. The predicted octanol–water partition coefficient (Wildman–Crippen LogP) is 2.66. The van der Waals surface area contributed by atoms with Gasteiger partial charge in [-0.25, -0.2) is 9.59 Å². The Bertz CT molecular complexity index is 2540. The van der Waals surface area contributed by atoms with Crippen molar-refractivity contribution in [3.63, 3.8) is 0 Å². The summed E-state index contributed by atoms with van der Waals surface area (Å²) in [5, 5.41) is 84.9. The van der Waals surface area contributed by atoms with Crippen LogP contribution in [0.15, 0.2) is 47.6 Å². The molecule has 522 valence electrons. The van der Waals surface area contributed by atoms with Gasteiger partial charge in [-0.2, -0.15) is 0 Å². The van der Waals surface area contributed by atoms with E-state index in [1.54, 1.807) is 40.9 Å². The minimum atomic E-state index is -2.50. The Kier molecular flexibility index (Phi) is 30.0. The molecule has 0 aromatic rings. The Labute approximate surface area is 539 Å². The van der Waals surface area contributed by atoms with Crippen molar-refractivity contribution < 1.29 is 122 Å². The van der Waals surface area contributed by atoms with Crippen LogP contribution in [0.1, 0.15) is 126 Å². The van der Waals surface area contributed by atoms with Crippen molar-refractivity contribution in [3.05, 3.63) is 47.6 Å². The first-order chi connectivity index (χ1) is 43.7. The molecule has 5 unspecified atom stereocenters. The number of hydrogen-bond donors (Lipinski definition) is 8. The first-order valence-electron chi connectivity index (χ1n) is 32.5. The number of esters is 1. The van der Waals surface area contributed by atoms with Gasteiger partial charge in [0.2, 0.25) is 5.79 Å². The van der Waals surface area contributed by atoms with Crippen molar-refractivity contribution in [2.45, 2.75) is 235 Å². The summed E-state index contributed by atoms with van der Waals surface area (Å²) in [4.78, 5) is 85.7. The molecule has 0 spiro atoms. The second kappa shape index (κ2) is 36.0. The van der Waals surface area contributed by atoms with E-state index in [-0.39, 0.29) is 62.4 Å². The number of amides is 1. The van der Waals surface area contributed by atoms with Crippen LogP contribution < -0.4 is 0 Å². The highest BCUT2D eigenvalue weighted by Crippen LogP contribution is 2.39. The summed E-state index contributed by atoms with van der Waals surface area (Å²) in [6.07, 6.45) is -4.68. The number of carbonyl (C=O) groups is 6. The predicted molar refractivity (Wildman–Crippen MR) is 327 cm³/mol. The third-order valence-corrected chi connectivity index (χ3v) is 19.2. The van der Waals surface area contributed by atoms with E-state index < -0.39 is 177 Å². The van der Waals surface area contributed by atoms with E-state index in [4.69, 9.17) is 52.1 Å². The van der Waals surface area contributed by atoms with Crippen LogP contribution in [0.5, 0.6) is 0 Å². The van der Waals surface area contributed by atoms with Crippen LogP contribution >= 0.6 is 0 Å². The first kappa shape index (κ1) is 76.6. The molecule has 8 N–H and O–H groups in total. The van der Waals surface area contributed by atoms with Gasteiger partial charge in [-0.3, -0.25) is 19.2 Å². The lowest BCUT2D eigenvalue weighted by Gasteiger charge is -2.42. The molecule has 2 bridgehead atoms. The summed E-state index contributed by atoms with van der Waals surface area (Å²) >= 11 is 0. The van der Waals surface area contributed by atoms with E-state index in [1.165, 1.54) is 14.2 Å². The van der Waals surface area contributed by atoms with Crippen LogP contribution in [0.4, 0.5) is 4.79 Å². The second-order valence-corrected chi connectivity index (χ2v) is 26.0. The van der Waals surface area contributed by atoms with E-state index in [1.807, 2.05) is 51.2 Å². The summed E-state index contributed by atoms with van der Waals surface area (Å²) < 4.78 is 63.1. The van der Waals surface area contributed by atoms with Gasteiger partial charge in [0.05, 0.1) is 44.2 Å². The lowest BCUT2D eigenvalue weighted by atomic mass is 9.78. The van der Waals surface area contributed by atoms with Gasteiger partial charge in [-0.1, -0.05) is 71.1 Å². The molecule has 4 saturated heterocycles. The van der Waals surface area contributed by atoms with E-state index in [2.05, 4.69) is 0 Å². The molecule has 92 heavy (non-hydrogen) atoms. The zero-order valence-corrected chi connectivity index (χ0v) is 54.9. The van der Waals surface area contributed by atoms with Gasteiger partial charge in [0.1, 0.15) is 92.2 Å². The number of rotatable bonds is 16. The fourth-order valence-corrected chi connectivity index (χ4v) is 13.4. The number of piperidine rings is 1. The molecule has 26 heteroatoms. The highest BCUT2D eigenvalue weighted by atomic mass is 16.7. The number of aliphatic hydroxyl groups is 8. The van der Waals surface area contributed by atoms with Gasteiger partial charge >= 0.3 is 12.1 Å². The number of methoxy groups -OCH3 is 3. The summed E-state index contributed by atoms with van der Waals surface area (Å²) in [7, 11) is 4.44. The number of Topliss-reactive ketones (excluding diaryl/α,β-unsaturated/α-hetero) is 3. The molecule has 6 rings (SSSR count). The maximum atomic E-state index is 14.7. The smallest absolute Gasteiger partial charge is 0.460 e. The van der Waals surface area contributed by atoms with E-state index in [0.717, 1.165) is 10.5 Å². The number of aliphatic hydroxyl groups excluding tert-OH is 7. The van der Waals surface area contributed by atoms with Gasteiger partial charge < -0.3 is 97.9 Å². The molecule has 24 atom stereocenters. The fourth-order valence-electron chi connectivity index (χ4n) is 13.4. The Morgan fingerprint density at radius 3 is 2.16 bits per heavy atom. The summed E-state index contributed by atoms with van der Waals surface area (Å²) in [5.41, 5.74) is 1.17. The number of nitrogens with zero attached hydrogens (tertiary/aromatic N) is 1. The van der Waals surface area contributed by atoms with Crippen molar-refractivity contribution in [1.82, 2.24) is 4.90 Å². The fraction of sp³-hybridized carbons (Fsp3) is 0.788. The number of hydrogen-bond acceptors (Lipinski definition) is 25. The number of allylic oxidation sites excluding steroid dienone is 6. The maximum Gasteiger partial charge on any atom is 0.508 e. The quantitative estimate of drug-likeness (QED) is 0.0476. The first-order valence-corrected chi connectivity index (χ1v) is 32.5. The molecule has 26 nitrogen and oxygen atoms in total. The molecule has 0 radical (unpaired) electrons. The van der Waals surface area contributed by atoms with Gasteiger partial charge in [0.15, 0.2) is 12.1 Å². The molecule has 1 saturated carbocycles. The molecule has 1 amide bonds. The average Bonchev–Trinajstić information content (AvgIpc) is 0.899. The highest BCUT2D eigenvalue weighted by Gasteiger charge is 2.54. The highest BCUT2D eigenvalue weighted by molar-refractivity contribution is 6.39. The molecule has 6 aliphatic rings. The van der Waals surface area contributed by atoms with E-state index in [9.17, 15) is 69.6 Å². The van der Waals surface area contributed by atoms with E-state index in [0.29, 0.717) is 63.4 Å². The lowest BCUT2D eigenvalue weighted by Crippen LogP contribution is -2.61. The lowest BCUT2D eigenvalue weighted by molar-refractivity contribution is -0.318. The minimum absolute atomic E-state index is 0.0211. The summed E-state index contributed by atoms with van der Waals surface area (Å²) in [6, 6.07) is -1.23. The van der Waals surface area contributed by atoms with Crippen LogP contribution in [0, 0.1) is 35.5 Å². The average molecular weight is 1310 g/mol. The topological polar surface area (TPSA) is 369 Å². The molecule has 5 fully saturated rings. The third-order valence-electron chi connectivity index (χ3n) is 19.2. The van der Waals surface area contributed by atoms with Crippen molar-refractivity contribution in [3.8, 4) is 0 Å². The maximum absolute atomic E-state index is 14.7. The van der Waals surface area contributed by atoms with Crippen molar-refractivity contribution in [2.75, 3.05) is 60.9 Å². The number of cyclic esters (lactones) is 1. The molecule has 5 aliphatic heterocycles. The van der Waals surface area contributed by atoms with Crippen LogP contribution in [0.25, 0.3) is 0 Å². The third kappa shape index (κ3) is 19.8. The standard InChI is InChI=1S/C66H103NO25/c1-35-16-12-11-13-17-36(2)47(82-8)30-43-21-19-41(7)66(81,92-43)61(77)62(78)67-23-15-14-18-44(67)63(79)89-48(31-45(70)37(3)27-40(6)54(72)60(84-10)53(71)39(5)26-35)38(4)28-42-20-22-46(49(29-42)83-9)85-24-25-86-65(80)87-34-52-56(74)59(51(33-69)88-52)91-64-58(76)57(75)55(73)50(32-68)90-64/h11-13,16-17,27,35,37-39,41-44,46-52,54-60,64,68-69,72-76,81H,14-15,18-26,28-34H2,1-10H3/b13-11+,16-12+,36-17+,40-27+/t35-,37-,38-,39-,41-,42?,43+,44?,46-,47+,48+,49-,50-,51?,52?,54-,55-,56-,57+,58-,59-,60+,64?,66-/m1/s1. The van der Waals surface area contributed by atoms with Gasteiger partial charge in [0, 0.05) is 58.5 Å². The molecule has 0 aromatic heterocycles. The molecular weight excluding hydrogens is 1210 g/mol. The number of fused-ring (bicyclic) bond motifs is 3. The van der Waals surface area contributed by atoms with Crippen molar-refractivity contribution >= 4 is 35.4 Å².